The normalized spacial score (nSPS) is 38.4. The summed E-state index contributed by atoms with van der Waals surface area (Å²) in [5.41, 5.74) is 1.11. The van der Waals surface area contributed by atoms with E-state index in [1.54, 1.807) is 6.08 Å². The summed E-state index contributed by atoms with van der Waals surface area (Å²) in [6.45, 7) is 12.8. The van der Waals surface area contributed by atoms with E-state index in [1.165, 1.54) is 0 Å². The second-order valence-electron chi connectivity index (χ2n) is 7.83. The molecule has 0 unspecified atom stereocenters. The standard InChI is InChI=1S/C17H25BO4/c1-11(18-21-15(2,3)16(4,5)22-18)13-10-20-17(6)8-7-12(19)9-14(13)17/h7-8,14H,9-10H2,1-6H3/b13-11-/t14-,17-/m1/s1. The first kappa shape index (κ1) is 16.0. The zero-order valence-corrected chi connectivity index (χ0v) is 14.4. The summed E-state index contributed by atoms with van der Waals surface area (Å²) in [5.74, 6) is 0.246. The van der Waals surface area contributed by atoms with Crippen LogP contribution in [0.3, 0.4) is 0 Å². The molecule has 0 bridgehead atoms. The minimum Gasteiger partial charge on any atom is -0.400 e. The van der Waals surface area contributed by atoms with Crippen LogP contribution in [0.5, 0.6) is 0 Å². The number of carbonyl (C=O) groups is 1. The van der Waals surface area contributed by atoms with Crippen LogP contribution in [0.1, 0.15) is 48.0 Å². The Morgan fingerprint density at radius 2 is 1.77 bits per heavy atom. The molecule has 0 spiro atoms. The summed E-state index contributed by atoms with van der Waals surface area (Å²) in [6.07, 6.45) is 4.04. The van der Waals surface area contributed by atoms with Gasteiger partial charge in [-0.05, 0) is 64.7 Å². The van der Waals surface area contributed by atoms with Gasteiger partial charge in [-0.1, -0.05) is 0 Å². The van der Waals surface area contributed by atoms with Gasteiger partial charge in [0, 0.05) is 12.3 Å². The second-order valence-corrected chi connectivity index (χ2v) is 7.83. The quantitative estimate of drug-likeness (QED) is 0.699. The topological polar surface area (TPSA) is 44.8 Å². The summed E-state index contributed by atoms with van der Waals surface area (Å²) in [5, 5.41) is 0. The van der Waals surface area contributed by atoms with Crippen LogP contribution < -0.4 is 0 Å². The van der Waals surface area contributed by atoms with E-state index in [0.717, 1.165) is 11.0 Å². The SMILES string of the molecule is C/C(B1OC(C)(C)C(C)(C)O1)=C1\CO[C@]2(C)C=CC(=O)C[C@H]12. The Morgan fingerprint density at radius 3 is 2.36 bits per heavy atom. The molecule has 2 aliphatic heterocycles. The van der Waals surface area contributed by atoms with Gasteiger partial charge >= 0.3 is 7.12 Å². The second kappa shape index (κ2) is 4.79. The maximum atomic E-state index is 11.8. The number of ketones is 1. The van der Waals surface area contributed by atoms with Crippen LogP contribution in [-0.4, -0.2) is 36.3 Å². The van der Waals surface area contributed by atoms with Gasteiger partial charge in [-0.15, -0.1) is 0 Å². The number of hydrogen-bond acceptors (Lipinski definition) is 4. The number of carbonyl (C=O) groups excluding carboxylic acids is 1. The Morgan fingerprint density at radius 1 is 1.18 bits per heavy atom. The van der Waals surface area contributed by atoms with Crippen LogP contribution in [-0.2, 0) is 18.8 Å². The van der Waals surface area contributed by atoms with Crippen LogP contribution in [0.15, 0.2) is 23.2 Å². The average Bonchev–Trinajstić information content (AvgIpc) is 2.84. The van der Waals surface area contributed by atoms with Crippen LogP contribution in [0.25, 0.3) is 0 Å². The smallest absolute Gasteiger partial charge is 0.400 e. The lowest BCUT2D eigenvalue weighted by molar-refractivity contribution is -0.117. The highest BCUT2D eigenvalue weighted by molar-refractivity contribution is 6.54. The van der Waals surface area contributed by atoms with Gasteiger partial charge in [0.1, 0.15) is 0 Å². The van der Waals surface area contributed by atoms with Crippen molar-refractivity contribution < 1.29 is 18.8 Å². The Bertz CT molecular complexity index is 559. The predicted octanol–water partition coefficient (Wildman–Crippen LogP) is 2.87. The molecule has 0 aromatic rings. The number of allylic oxidation sites excluding steroid dienone is 2. The molecule has 2 fully saturated rings. The van der Waals surface area contributed by atoms with E-state index in [1.807, 2.05) is 47.6 Å². The molecule has 2 heterocycles. The van der Waals surface area contributed by atoms with E-state index in [-0.39, 0.29) is 35.6 Å². The Labute approximate surface area is 133 Å². The minimum atomic E-state index is -0.381. The van der Waals surface area contributed by atoms with Crippen molar-refractivity contribution in [2.75, 3.05) is 6.61 Å². The fourth-order valence-electron chi connectivity index (χ4n) is 3.36. The van der Waals surface area contributed by atoms with Crippen molar-refractivity contribution in [1.29, 1.82) is 0 Å². The molecule has 4 nitrogen and oxygen atoms in total. The number of fused-ring (bicyclic) bond motifs is 1. The zero-order chi connectivity index (χ0) is 16.3. The first-order valence-corrected chi connectivity index (χ1v) is 7.97. The molecule has 1 aliphatic carbocycles. The number of ether oxygens (including phenoxy) is 1. The van der Waals surface area contributed by atoms with E-state index in [9.17, 15) is 4.79 Å². The number of hydrogen-bond donors (Lipinski definition) is 0. The van der Waals surface area contributed by atoms with Crippen molar-refractivity contribution in [3.63, 3.8) is 0 Å². The molecule has 3 aliphatic rings. The molecule has 3 rings (SSSR count). The molecule has 0 aromatic carbocycles. The molecule has 2 atom stereocenters. The van der Waals surface area contributed by atoms with Crippen LogP contribution in [0.2, 0.25) is 0 Å². The van der Waals surface area contributed by atoms with Crippen molar-refractivity contribution in [2.45, 2.75) is 64.8 Å². The molecule has 2 saturated heterocycles. The molecule has 0 saturated carbocycles. The molecule has 22 heavy (non-hydrogen) atoms. The van der Waals surface area contributed by atoms with Gasteiger partial charge in [-0.2, -0.15) is 0 Å². The summed E-state index contributed by atoms with van der Waals surface area (Å²) in [6, 6.07) is 0. The van der Waals surface area contributed by atoms with E-state index >= 15 is 0 Å². The minimum absolute atomic E-state index is 0.0871. The molecule has 0 N–H and O–H groups in total. The monoisotopic (exact) mass is 304 g/mol. The van der Waals surface area contributed by atoms with Gasteiger partial charge in [0.25, 0.3) is 0 Å². The van der Waals surface area contributed by atoms with Gasteiger partial charge in [0.15, 0.2) is 5.78 Å². The van der Waals surface area contributed by atoms with Crippen molar-refractivity contribution in [3.8, 4) is 0 Å². The molecule has 0 radical (unpaired) electrons. The average molecular weight is 304 g/mol. The van der Waals surface area contributed by atoms with Crippen LogP contribution in [0.4, 0.5) is 0 Å². The largest absolute Gasteiger partial charge is 0.490 e. The third-order valence-electron chi connectivity index (χ3n) is 5.77. The van der Waals surface area contributed by atoms with Gasteiger partial charge in [0.05, 0.1) is 23.4 Å². The maximum absolute atomic E-state index is 11.8. The summed E-state index contributed by atoms with van der Waals surface area (Å²) < 4.78 is 18.3. The first-order chi connectivity index (χ1) is 10.1. The molecule has 5 heteroatoms. The highest BCUT2D eigenvalue weighted by Gasteiger charge is 2.54. The summed E-state index contributed by atoms with van der Waals surface area (Å²) in [4.78, 5) is 11.8. The lowest BCUT2D eigenvalue weighted by atomic mass is 9.69. The highest BCUT2D eigenvalue weighted by atomic mass is 16.7. The Kier molecular flexibility index (Phi) is 3.48. The Balaban J connectivity index is 1.92. The lowest BCUT2D eigenvalue weighted by Gasteiger charge is -2.32. The van der Waals surface area contributed by atoms with Crippen LogP contribution in [0, 0.1) is 5.92 Å². The predicted molar refractivity (Wildman–Crippen MR) is 85.4 cm³/mol. The van der Waals surface area contributed by atoms with Gasteiger partial charge in [0.2, 0.25) is 0 Å². The molecule has 120 valence electrons. The first-order valence-electron chi connectivity index (χ1n) is 7.97. The Hall–Kier alpha value is -0.905. The molecule has 0 amide bonds. The van der Waals surface area contributed by atoms with Gasteiger partial charge < -0.3 is 14.0 Å². The maximum Gasteiger partial charge on any atom is 0.490 e. The van der Waals surface area contributed by atoms with Crippen molar-refractivity contribution in [1.82, 2.24) is 0 Å². The molecule has 0 aromatic heterocycles. The van der Waals surface area contributed by atoms with E-state index in [2.05, 4.69) is 0 Å². The van der Waals surface area contributed by atoms with Crippen LogP contribution >= 0.6 is 0 Å². The van der Waals surface area contributed by atoms with Crippen molar-refractivity contribution in [2.24, 2.45) is 5.92 Å². The van der Waals surface area contributed by atoms with Crippen molar-refractivity contribution in [3.05, 3.63) is 23.2 Å². The number of rotatable bonds is 1. The van der Waals surface area contributed by atoms with E-state index < -0.39 is 0 Å². The highest BCUT2D eigenvalue weighted by Crippen LogP contribution is 2.45. The fraction of sp³-hybridized carbons (Fsp3) is 0.706. The van der Waals surface area contributed by atoms with Crippen molar-refractivity contribution >= 4 is 12.9 Å². The summed E-state index contributed by atoms with van der Waals surface area (Å²) in [7, 11) is -0.369. The molecular formula is C17H25BO4. The summed E-state index contributed by atoms with van der Waals surface area (Å²) >= 11 is 0. The third-order valence-corrected chi connectivity index (χ3v) is 5.77. The van der Waals surface area contributed by atoms with Gasteiger partial charge in [-0.3, -0.25) is 4.79 Å². The third kappa shape index (κ3) is 2.30. The van der Waals surface area contributed by atoms with E-state index in [0.29, 0.717) is 13.0 Å². The fourth-order valence-corrected chi connectivity index (χ4v) is 3.36. The van der Waals surface area contributed by atoms with E-state index in [4.69, 9.17) is 14.0 Å². The lowest BCUT2D eigenvalue weighted by Crippen LogP contribution is -2.41. The zero-order valence-electron chi connectivity index (χ0n) is 14.4. The molecular weight excluding hydrogens is 279 g/mol. The van der Waals surface area contributed by atoms with Gasteiger partial charge in [-0.25, -0.2) is 0 Å².